The van der Waals surface area contributed by atoms with Gasteiger partial charge in [0.25, 0.3) is 5.69 Å². The molecule has 1 aromatic rings. The standard InChI is InChI=1S/C17H22N2O6/c1-6-24-15(20)12(2)11-18(16(21)25-17(3,4)5)13-7-9-14(10-8-13)19(22)23/h7-10H,2,6,11H2,1,3-5H3. The van der Waals surface area contributed by atoms with Crippen LogP contribution in [-0.4, -0.2) is 35.7 Å². The highest BCUT2D eigenvalue weighted by atomic mass is 16.6. The number of nitrogens with zero attached hydrogens (tertiary/aromatic N) is 2. The highest BCUT2D eigenvalue weighted by Gasteiger charge is 2.26. The average molecular weight is 350 g/mol. The SMILES string of the molecule is C=C(CN(C(=O)OC(C)(C)C)c1ccc([N+](=O)[O-])cc1)C(=O)OCC. The number of carbonyl (C=O) groups is 2. The van der Waals surface area contributed by atoms with Crippen molar-refractivity contribution in [1.29, 1.82) is 0 Å². The molecule has 1 amide bonds. The van der Waals surface area contributed by atoms with Crippen molar-refractivity contribution in [2.45, 2.75) is 33.3 Å². The summed E-state index contributed by atoms with van der Waals surface area (Å²) < 4.78 is 10.2. The molecule has 0 atom stereocenters. The summed E-state index contributed by atoms with van der Waals surface area (Å²) in [5.74, 6) is -0.627. The van der Waals surface area contributed by atoms with Gasteiger partial charge in [-0.3, -0.25) is 15.0 Å². The fourth-order valence-electron chi connectivity index (χ4n) is 1.82. The molecule has 0 aliphatic carbocycles. The topological polar surface area (TPSA) is 99.0 Å². The molecule has 8 heteroatoms. The molecule has 0 aromatic heterocycles. The Morgan fingerprint density at radius 3 is 2.24 bits per heavy atom. The Balaban J connectivity index is 3.09. The Kier molecular flexibility index (Phi) is 6.67. The average Bonchev–Trinajstić information content (AvgIpc) is 2.50. The number of nitro benzene ring substituents is 1. The van der Waals surface area contributed by atoms with Crippen molar-refractivity contribution in [2.24, 2.45) is 0 Å². The summed E-state index contributed by atoms with van der Waals surface area (Å²) in [5.41, 5.74) is -0.463. The van der Waals surface area contributed by atoms with Crippen LogP contribution in [0.25, 0.3) is 0 Å². The highest BCUT2D eigenvalue weighted by molar-refractivity contribution is 5.94. The number of rotatable bonds is 6. The second-order valence-corrected chi connectivity index (χ2v) is 6.16. The molecule has 25 heavy (non-hydrogen) atoms. The first-order valence-electron chi connectivity index (χ1n) is 7.65. The van der Waals surface area contributed by atoms with Crippen LogP contribution < -0.4 is 4.90 Å². The summed E-state index contributed by atoms with van der Waals surface area (Å²) in [7, 11) is 0. The van der Waals surface area contributed by atoms with Gasteiger partial charge in [-0.2, -0.15) is 0 Å². The van der Waals surface area contributed by atoms with Gasteiger partial charge in [-0.05, 0) is 39.8 Å². The molecule has 0 saturated carbocycles. The summed E-state index contributed by atoms with van der Waals surface area (Å²) >= 11 is 0. The maximum atomic E-state index is 12.5. The number of anilines is 1. The van der Waals surface area contributed by atoms with Gasteiger partial charge in [-0.15, -0.1) is 0 Å². The van der Waals surface area contributed by atoms with Crippen molar-refractivity contribution < 1.29 is 24.0 Å². The molecule has 0 spiro atoms. The third-order valence-corrected chi connectivity index (χ3v) is 2.90. The fraction of sp³-hybridized carbons (Fsp3) is 0.412. The lowest BCUT2D eigenvalue weighted by Gasteiger charge is -2.27. The minimum Gasteiger partial charge on any atom is -0.463 e. The van der Waals surface area contributed by atoms with Gasteiger partial charge in [-0.1, -0.05) is 6.58 Å². The van der Waals surface area contributed by atoms with E-state index in [-0.39, 0.29) is 24.4 Å². The molecule has 1 rings (SSSR count). The molecule has 0 radical (unpaired) electrons. The molecule has 0 unspecified atom stereocenters. The molecule has 0 aliphatic rings. The quantitative estimate of drug-likeness (QED) is 0.337. The van der Waals surface area contributed by atoms with Crippen LogP contribution in [0.5, 0.6) is 0 Å². The van der Waals surface area contributed by atoms with E-state index in [1.165, 1.54) is 29.2 Å². The summed E-state index contributed by atoms with van der Waals surface area (Å²) in [5, 5.41) is 10.8. The molecule has 1 aromatic carbocycles. The van der Waals surface area contributed by atoms with E-state index in [0.29, 0.717) is 5.69 Å². The lowest BCUT2D eigenvalue weighted by Crippen LogP contribution is -2.39. The first-order chi connectivity index (χ1) is 11.5. The van der Waals surface area contributed by atoms with Gasteiger partial charge in [0.05, 0.1) is 18.1 Å². The van der Waals surface area contributed by atoms with Crippen LogP contribution in [0.1, 0.15) is 27.7 Å². The normalized spacial score (nSPS) is 10.7. The number of hydrogen-bond donors (Lipinski definition) is 0. The minimum atomic E-state index is -0.749. The van der Waals surface area contributed by atoms with Gasteiger partial charge in [-0.25, -0.2) is 9.59 Å². The number of ether oxygens (including phenoxy) is 2. The summed E-state index contributed by atoms with van der Waals surface area (Å²) in [6.07, 6.45) is -0.702. The van der Waals surface area contributed by atoms with Crippen molar-refractivity contribution in [3.8, 4) is 0 Å². The molecule has 0 heterocycles. The predicted molar refractivity (Wildman–Crippen MR) is 92.4 cm³/mol. The van der Waals surface area contributed by atoms with Crippen LogP contribution in [0, 0.1) is 10.1 Å². The van der Waals surface area contributed by atoms with Gasteiger partial charge in [0.2, 0.25) is 0 Å². The zero-order chi connectivity index (χ0) is 19.2. The molecule has 0 aliphatic heterocycles. The van der Waals surface area contributed by atoms with Gasteiger partial charge in [0.15, 0.2) is 0 Å². The van der Waals surface area contributed by atoms with E-state index in [1.54, 1.807) is 27.7 Å². The lowest BCUT2D eigenvalue weighted by molar-refractivity contribution is -0.384. The Morgan fingerprint density at radius 2 is 1.80 bits per heavy atom. The molecular weight excluding hydrogens is 328 g/mol. The van der Waals surface area contributed by atoms with E-state index >= 15 is 0 Å². The Morgan fingerprint density at radius 1 is 1.24 bits per heavy atom. The van der Waals surface area contributed by atoms with E-state index in [0.717, 1.165) is 0 Å². The Hall–Kier alpha value is -2.90. The minimum absolute atomic E-state index is 0.0612. The smallest absolute Gasteiger partial charge is 0.415 e. The van der Waals surface area contributed by atoms with Crippen LogP contribution in [0.3, 0.4) is 0 Å². The molecular formula is C17H22N2O6. The Labute approximate surface area is 146 Å². The van der Waals surface area contributed by atoms with Crippen LogP contribution in [0.15, 0.2) is 36.4 Å². The molecule has 0 bridgehead atoms. The van der Waals surface area contributed by atoms with Crippen molar-refractivity contribution in [2.75, 3.05) is 18.1 Å². The predicted octanol–water partition coefficient (Wildman–Crippen LogP) is 3.46. The first kappa shape index (κ1) is 20.1. The van der Waals surface area contributed by atoms with Gasteiger partial charge in [0, 0.05) is 23.4 Å². The van der Waals surface area contributed by atoms with Crippen molar-refractivity contribution in [1.82, 2.24) is 0 Å². The molecule has 8 nitrogen and oxygen atoms in total. The maximum absolute atomic E-state index is 12.5. The number of amides is 1. The maximum Gasteiger partial charge on any atom is 0.415 e. The van der Waals surface area contributed by atoms with Crippen LogP contribution >= 0.6 is 0 Å². The van der Waals surface area contributed by atoms with Gasteiger partial charge >= 0.3 is 12.1 Å². The third-order valence-electron chi connectivity index (χ3n) is 2.90. The number of carbonyl (C=O) groups excluding carboxylic acids is 2. The number of non-ortho nitro benzene ring substituents is 1. The van der Waals surface area contributed by atoms with E-state index in [2.05, 4.69) is 6.58 Å². The molecule has 0 N–H and O–H groups in total. The number of benzene rings is 1. The van der Waals surface area contributed by atoms with E-state index in [1.807, 2.05) is 0 Å². The second-order valence-electron chi connectivity index (χ2n) is 6.16. The molecule has 0 saturated heterocycles. The summed E-state index contributed by atoms with van der Waals surface area (Å²) in [6, 6.07) is 5.33. The van der Waals surface area contributed by atoms with Crippen LogP contribution in [-0.2, 0) is 14.3 Å². The molecule has 0 fully saturated rings. The van der Waals surface area contributed by atoms with Crippen molar-refractivity contribution in [3.05, 3.63) is 46.5 Å². The summed E-state index contributed by atoms with van der Waals surface area (Å²) in [6.45, 7) is 10.4. The first-order valence-corrected chi connectivity index (χ1v) is 7.65. The highest BCUT2D eigenvalue weighted by Crippen LogP contribution is 2.22. The second kappa shape index (κ2) is 8.27. The number of esters is 1. The fourth-order valence-corrected chi connectivity index (χ4v) is 1.82. The van der Waals surface area contributed by atoms with Crippen molar-refractivity contribution >= 4 is 23.4 Å². The van der Waals surface area contributed by atoms with Crippen molar-refractivity contribution in [3.63, 3.8) is 0 Å². The zero-order valence-electron chi connectivity index (χ0n) is 14.8. The van der Waals surface area contributed by atoms with E-state index < -0.39 is 22.6 Å². The van der Waals surface area contributed by atoms with Crippen LogP contribution in [0.2, 0.25) is 0 Å². The van der Waals surface area contributed by atoms with E-state index in [9.17, 15) is 19.7 Å². The summed E-state index contributed by atoms with van der Waals surface area (Å²) in [4.78, 5) is 35.6. The third kappa shape index (κ3) is 6.25. The van der Waals surface area contributed by atoms with Crippen LogP contribution in [0.4, 0.5) is 16.2 Å². The molecule has 136 valence electrons. The van der Waals surface area contributed by atoms with Gasteiger partial charge in [0.1, 0.15) is 5.60 Å². The largest absolute Gasteiger partial charge is 0.463 e. The van der Waals surface area contributed by atoms with Gasteiger partial charge < -0.3 is 9.47 Å². The number of nitro groups is 1. The Bertz CT molecular complexity index is 661. The number of hydrogen-bond acceptors (Lipinski definition) is 6. The monoisotopic (exact) mass is 350 g/mol. The van der Waals surface area contributed by atoms with E-state index in [4.69, 9.17) is 9.47 Å². The zero-order valence-corrected chi connectivity index (χ0v) is 14.8. The lowest BCUT2D eigenvalue weighted by atomic mass is 10.2.